The van der Waals surface area contributed by atoms with E-state index in [9.17, 15) is 4.79 Å². The van der Waals surface area contributed by atoms with Crippen LogP contribution in [0.4, 0.5) is 5.69 Å². The molecule has 6 nitrogen and oxygen atoms in total. The molecule has 0 aliphatic heterocycles. The van der Waals surface area contributed by atoms with Crippen LogP contribution in [0.2, 0.25) is 5.02 Å². The molecule has 0 atom stereocenters. The minimum absolute atomic E-state index is 0.107. The van der Waals surface area contributed by atoms with E-state index in [2.05, 4.69) is 15.5 Å². The van der Waals surface area contributed by atoms with Crippen molar-refractivity contribution in [2.45, 2.75) is 25.9 Å². The summed E-state index contributed by atoms with van der Waals surface area (Å²) in [5.74, 6) is 1.51. The van der Waals surface area contributed by atoms with Gasteiger partial charge in [-0.2, -0.15) is 0 Å². The predicted molar refractivity (Wildman–Crippen MR) is 138 cm³/mol. The third-order valence-electron chi connectivity index (χ3n) is 5.33. The molecule has 0 spiro atoms. The van der Waals surface area contributed by atoms with Crippen LogP contribution in [0.3, 0.4) is 0 Å². The number of rotatable bonds is 8. The van der Waals surface area contributed by atoms with Crippen molar-refractivity contribution in [1.29, 1.82) is 0 Å². The number of hydrogen-bond donors (Lipinski definition) is 1. The molecule has 34 heavy (non-hydrogen) atoms. The number of ether oxygens (including phenoxy) is 1. The molecule has 1 aromatic heterocycles. The van der Waals surface area contributed by atoms with E-state index in [4.69, 9.17) is 16.3 Å². The van der Waals surface area contributed by atoms with Gasteiger partial charge < -0.3 is 10.1 Å². The van der Waals surface area contributed by atoms with E-state index >= 15 is 0 Å². The van der Waals surface area contributed by atoms with Crippen molar-refractivity contribution in [1.82, 2.24) is 14.8 Å². The summed E-state index contributed by atoms with van der Waals surface area (Å²) >= 11 is 7.55. The van der Waals surface area contributed by atoms with Gasteiger partial charge in [0.25, 0.3) is 0 Å². The maximum absolute atomic E-state index is 12.7. The number of aromatic nitrogens is 3. The van der Waals surface area contributed by atoms with E-state index in [0.717, 1.165) is 33.8 Å². The van der Waals surface area contributed by atoms with Gasteiger partial charge in [-0.15, -0.1) is 10.2 Å². The summed E-state index contributed by atoms with van der Waals surface area (Å²) in [7, 11) is 0. The molecule has 4 aromatic rings. The van der Waals surface area contributed by atoms with E-state index < -0.39 is 0 Å². The van der Waals surface area contributed by atoms with Crippen molar-refractivity contribution in [3.63, 3.8) is 0 Å². The third kappa shape index (κ3) is 5.43. The smallest absolute Gasteiger partial charge is 0.234 e. The van der Waals surface area contributed by atoms with Gasteiger partial charge in [-0.1, -0.05) is 47.6 Å². The fourth-order valence-electron chi connectivity index (χ4n) is 3.47. The average molecular weight is 493 g/mol. The number of carbonyl (C=O) groups is 1. The van der Waals surface area contributed by atoms with Crippen molar-refractivity contribution < 1.29 is 9.53 Å². The molecule has 0 fully saturated rings. The van der Waals surface area contributed by atoms with E-state index in [-0.39, 0.29) is 11.7 Å². The number of nitrogens with one attached hydrogen (secondary N) is 1. The molecule has 1 N–H and O–H groups in total. The number of halogens is 1. The Morgan fingerprint density at radius 2 is 1.82 bits per heavy atom. The molecule has 0 unspecified atom stereocenters. The first-order valence-electron chi connectivity index (χ1n) is 10.9. The standard InChI is InChI=1S/C26H25ClN4O2S/c1-4-33-22-13-11-21(12-14-22)31-25(19-8-6-9-20(27)15-19)29-30-26(31)34-16-24(32)28-23-10-5-7-17(2)18(23)3/h5-15H,4,16H2,1-3H3,(H,28,32). The second-order valence-electron chi connectivity index (χ2n) is 7.66. The normalized spacial score (nSPS) is 10.8. The fourth-order valence-corrected chi connectivity index (χ4v) is 4.41. The quantitative estimate of drug-likeness (QED) is 0.291. The highest BCUT2D eigenvalue weighted by atomic mass is 35.5. The molecule has 1 amide bonds. The molecular weight excluding hydrogens is 468 g/mol. The lowest BCUT2D eigenvalue weighted by molar-refractivity contribution is -0.113. The summed E-state index contributed by atoms with van der Waals surface area (Å²) in [6.07, 6.45) is 0. The van der Waals surface area contributed by atoms with Crippen LogP contribution in [0.25, 0.3) is 17.1 Å². The lowest BCUT2D eigenvalue weighted by atomic mass is 10.1. The second-order valence-corrected chi connectivity index (χ2v) is 9.04. The number of thioether (sulfide) groups is 1. The monoisotopic (exact) mass is 492 g/mol. The Hall–Kier alpha value is -3.29. The Morgan fingerprint density at radius 3 is 2.56 bits per heavy atom. The Kier molecular flexibility index (Phi) is 7.55. The zero-order valence-corrected chi connectivity index (χ0v) is 20.8. The van der Waals surface area contributed by atoms with E-state index in [0.29, 0.717) is 22.6 Å². The minimum Gasteiger partial charge on any atom is -0.494 e. The molecule has 0 saturated carbocycles. The Labute approximate surface area is 208 Å². The van der Waals surface area contributed by atoms with Gasteiger partial charge in [0.05, 0.1) is 12.4 Å². The lowest BCUT2D eigenvalue weighted by Crippen LogP contribution is -2.15. The van der Waals surface area contributed by atoms with E-state index in [1.165, 1.54) is 11.8 Å². The summed E-state index contributed by atoms with van der Waals surface area (Å²) in [5.41, 5.74) is 4.70. The highest BCUT2D eigenvalue weighted by Gasteiger charge is 2.18. The van der Waals surface area contributed by atoms with Gasteiger partial charge in [0.15, 0.2) is 11.0 Å². The lowest BCUT2D eigenvalue weighted by Gasteiger charge is -2.12. The highest BCUT2D eigenvalue weighted by Crippen LogP contribution is 2.30. The highest BCUT2D eigenvalue weighted by molar-refractivity contribution is 7.99. The van der Waals surface area contributed by atoms with Gasteiger partial charge in [-0.3, -0.25) is 9.36 Å². The van der Waals surface area contributed by atoms with Crippen LogP contribution in [-0.2, 0) is 4.79 Å². The Balaban J connectivity index is 1.61. The van der Waals surface area contributed by atoms with Crippen LogP contribution < -0.4 is 10.1 Å². The van der Waals surface area contributed by atoms with Gasteiger partial charge in [0.1, 0.15) is 5.75 Å². The van der Waals surface area contributed by atoms with Crippen molar-refractivity contribution in [3.8, 4) is 22.8 Å². The first-order chi connectivity index (χ1) is 16.5. The summed E-state index contributed by atoms with van der Waals surface area (Å²) in [4.78, 5) is 12.7. The van der Waals surface area contributed by atoms with Gasteiger partial charge in [-0.05, 0) is 74.4 Å². The van der Waals surface area contributed by atoms with Crippen LogP contribution >= 0.6 is 23.4 Å². The molecule has 0 saturated heterocycles. The molecule has 3 aromatic carbocycles. The Morgan fingerprint density at radius 1 is 1.06 bits per heavy atom. The topological polar surface area (TPSA) is 69.0 Å². The summed E-state index contributed by atoms with van der Waals surface area (Å²) < 4.78 is 7.50. The number of aryl methyl sites for hydroxylation is 1. The number of benzene rings is 3. The first-order valence-corrected chi connectivity index (χ1v) is 12.3. The summed E-state index contributed by atoms with van der Waals surface area (Å²) in [5, 5.41) is 13.0. The van der Waals surface area contributed by atoms with Crippen molar-refractivity contribution in [2.24, 2.45) is 0 Å². The van der Waals surface area contributed by atoms with Crippen LogP contribution in [0.5, 0.6) is 5.75 Å². The third-order valence-corrected chi connectivity index (χ3v) is 6.50. The molecule has 0 aliphatic rings. The fraction of sp³-hybridized carbons (Fsp3) is 0.192. The SMILES string of the molecule is CCOc1ccc(-n2c(SCC(=O)Nc3cccc(C)c3C)nnc2-c2cccc(Cl)c2)cc1. The summed E-state index contributed by atoms with van der Waals surface area (Å²) in [6, 6.07) is 21.0. The van der Waals surface area contributed by atoms with E-state index in [1.54, 1.807) is 0 Å². The Bertz CT molecular complexity index is 1300. The molecule has 0 bridgehead atoms. The molecule has 0 aliphatic carbocycles. The van der Waals surface area contributed by atoms with Crippen molar-refractivity contribution >= 4 is 35.0 Å². The molecule has 1 heterocycles. The van der Waals surface area contributed by atoms with E-state index in [1.807, 2.05) is 92.1 Å². The van der Waals surface area contributed by atoms with Gasteiger partial charge in [0, 0.05) is 22.0 Å². The van der Waals surface area contributed by atoms with Crippen LogP contribution in [0.15, 0.2) is 71.9 Å². The number of carbonyl (C=O) groups excluding carboxylic acids is 1. The predicted octanol–water partition coefficient (Wildman–Crippen LogP) is 6.33. The number of amides is 1. The number of nitrogens with zero attached hydrogens (tertiary/aromatic N) is 3. The zero-order chi connectivity index (χ0) is 24.1. The number of hydrogen-bond acceptors (Lipinski definition) is 5. The average Bonchev–Trinajstić information content (AvgIpc) is 3.25. The minimum atomic E-state index is -0.107. The molecule has 0 radical (unpaired) electrons. The summed E-state index contributed by atoms with van der Waals surface area (Å²) in [6.45, 7) is 6.56. The molecule has 174 valence electrons. The van der Waals surface area contributed by atoms with Gasteiger partial charge in [-0.25, -0.2) is 0 Å². The van der Waals surface area contributed by atoms with Crippen LogP contribution in [0, 0.1) is 13.8 Å². The second kappa shape index (κ2) is 10.8. The van der Waals surface area contributed by atoms with Crippen molar-refractivity contribution in [2.75, 3.05) is 17.7 Å². The maximum atomic E-state index is 12.7. The first kappa shape index (κ1) is 23.9. The zero-order valence-electron chi connectivity index (χ0n) is 19.2. The molecular formula is C26H25ClN4O2S. The maximum Gasteiger partial charge on any atom is 0.234 e. The van der Waals surface area contributed by atoms with Crippen LogP contribution in [-0.4, -0.2) is 33.0 Å². The molecule has 8 heteroatoms. The largest absolute Gasteiger partial charge is 0.494 e. The number of anilines is 1. The van der Waals surface area contributed by atoms with Gasteiger partial charge >= 0.3 is 0 Å². The van der Waals surface area contributed by atoms with Crippen LogP contribution in [0.1, 0.15) is 18.1 Å². The molecule has 4 rings (SSSR count). The van der Waals surface area contributed by atoms with Gasteiger partial charge in [0.2, 0.25) is 5.91 Å². The van der Waals surface area contributed by atoms with Crippen molar-refractivity contribution in [3.05, 3.63) is 82.9 Å².